The van der Waals surface area contributed by atoms with Gasteiger partial charge in [-0.1, -0.05) is 19.9 Å². The fourth-order valence-electron chi connectivity index (χ4n) is 2.03. The number of hydrogen-bond donors (Lipinski definition) is 2. The molecule has 0 fully saturated rings. The summed E-state index contributed by atoms with van der Waals surface area (Å²) in [6.45, 7) is 7.21. The second-order valence-electron chi connectivity index (χ2n) is 4.95. The third-order valence-corrected chi connectivity index (χ3v) is 4.07. The van der Waals surface area contributed by atoms with Crippen molar-refractivity contribution in [2.24, 2.45) is 0 Å². The topological polar surface area (TPSA) is 75.0 Å². The van der Waals surface area contributed by atoms with Gasteiger partial charge in [0.2, 0.25) is 0 Å². The number of nitrogens with two attached hydrogens (primary N) is 1. The molecule has 0 bridgehead atoms. The Hall–Kier alpha value is -1.82. The molecule has 0 atom stereocenters. The van der Waals surface area contributed by atoms with Crippen LogP contribution in [0.2, 0.25) is 0 Å². The van der Waals surface area contributed by atoms with Crippen LogP contribution in [0.15, 0.2) is 17.5 Å². The minimum atomic E-state index is -0.124. The highest BCUT2D eigenvalue weighted by atomic mass is 32.1. The van der Waals surface area contributed by atoms with Gasteiger partial charge < -0.3 is 10.6 Å². The first-order valence-electron chi connectivity index (χ1n) is 6.70. The molecule has 0 saturated heterocycles. The van der Waals surface area contributed by atoms with Crippen LogP contribution in [0.4, 0.5) is 5.69 Å². The number of aromatic nitrogens is 2. The number of aromatic amines is 1. The van der Waals surface area contributed by atoms with Crippen LogP contribution in [0.5, 0.6) is 0 Å². The standard InChI is InChI=1S/C14H20N4OS/c1-4-18(8-10-6-5-7-20-10)14(19)13-11(15)12(9(2)3)16-17-13/h5-7,9H,4,8,15H2,1-3H3,(H,16,17). The lowest BCUT2D eigenvalue weighted by Gasteiger charge is -2.19. The molecule has 108 valence electrons. The number of carbonyl (C=O) groups excluding carboxylic acids is 1. The maximum Gasteiger partial charge on any atom is 0.276 e. The molecule has 3 N–H and O–H groups in total. The summed E-state index contributed by atoms with van der Waals surface area (Å²) in [5.74, 6) is 0.0953. The summed E-state index contributed by atoms with van der Waals surface area (Å²) >= 11 is 1.64. The van der Waals surface area contributed by atoms with Crippen LogP contribution in [-0.2, 0) is 6.54 Å². The van der Waals surface area contributed by atoms with E-state index in [9.17, 15) is 4.79 Å². The fourth-order valence-corrected chi connectivity index (χ4v) is 2.75. The molecular formula is C14H20N4OS. The van der Waals surface area contributed by atoms with Crippen molar-refractivity contribution in [3.05, 3.63) is 33.8 Å². The monoisotopic (exact) mass is 292 g/mol. The number of rotatable bonds is 5. The Bertz CT molecular complexity index is 574. The van der Waals surface area contributed by atoms with E-state index in [1.807, 2.05) is 38.3 Å². The van der Waals surface area contributed by atoms with Gasteiger partial charge in [0.05, 0.1) is 17.9 Å². The third-order valence-electron chi connectivity index (χ3n) is 3.21. The smallest absolute Gasteiger partial charge is 0.276 e. The van der Waals surface area contributed by atoms with E-state index < -0.39 is 0 Å². The van der Waals surface area contributed by atoms with Crippen molar-refractivity contribution < 1.29 is 4.79 Å². The molecular weight excluding hydrogens is 272 g/mol. The molecule has 0 aliphatic rings. The van der Waals surface area contributed by atoms with E-state index in [-0.39, 0.29) is 11.8 Å². The largest absolute Gasteiger partial charge is 0.395 e. The molecule has 5 nitrogen and oxygen atoms in total. The van der Waals surface area contributed by atoms with Crippen LogP contribution in [0.1, 0.15) is 47.7 Å². The zero-order chi connectivity index (χ0) is 14.7. The molecule has 2 aromatic rings. The zero-order valence-electron chi connectivity index (χ0n) is 12.0. The van der Waals surface area contributed by atoms with E-state index in [2.05, 4.69) is 10.2 Å². The van der Waals surface area contributed by atoms with Crippen LogP contribution in [0.3, 0.4) is 0 Å². The van der Waals surface area contributed by atoms with Gasteiger partial charge in [-0.3, -0.25) is 9.89 Å². The Morgan fingerprint density at radius 1 is 1.55 bits per heavy atom. The molecule has 0 saturated carbocycles. The summed E-state index contributed by atoms with van der Waals surface area (Å²) in [7, 11) is 0. The Morgan fingerprint density at radius 2 is 2.30 bits per heavy atom. The van der Waals surface area contributed by atoms with E-state index in [0.717, 1.165) is 10.6 Å². The lowest BCUT2D eigenvalue weighted by Crippen LogP contribution is -2.30. The molecule has 0 aliphatic carbocycles. The molecule has 0 aromatic carbocycles. The second-order valence-corrected chi connectivity index (χ2v) is 5.99. The average Bonchev–Trinajstić information content (AvgIpc) is 3.04. The van der Waals surface area contributed by atoms with Gasteiger partial charge in [-0.2, -0.15) is 5.10 Å². The highest BCUT2D eigenvalue weighted by Crippen LogP contribution is 2.23. The number of anilines is 1. The summed E-state index contributed by atoms with van der Waals surface area (Å²) in [4.78, 5) is 15.4. The predicted octanol–water partition coefficient (Wildman–Crippen LogP) is 2.84. The summed E-state index contributed by atoms with van der Waals surface area (Å²) < 4.78 is 0. The SMILES string of the molecule is CCN(Cc1cccs1)C(=O)c1n[nH]c(C(C)C)c1N. The van der Waals surface area contributed by atoms with Crippen LogP contribution >= 0.6 is 11.3 Å². The zero-order valence-corrected chi connectivity index (χ0v) is 12.8. The van der Waals surface area contributed by atoms with E-state index in [0.29, 0.717) is 24.5 Å². The van der Waals surface area contributed by atoms with Crippen LogP contribution < -0.4 is 5.73 Å². The maximum atomic E-state index is 12.5. The van der Waals surface area contributed by atoms with Gasteiger partial charge in [-0.15, -0.1) is 11.3 Å². The van der Waals surface area contributed by atoms with Gasteiger partial charge >= 0.3 is 0 Å². The van der Waals surface area contributed by atoms with Crippen LogP contribution in [0, 0.1) is 0 Å². The summed E-state index contributed by atoms with van der Waals surface area (Å²) in [5.41, 5.74) is 7.65. The van der Waals surface area contributed by atoms with Crippen molar-refractivity contribution in [1.29, 1.82) is 0 Å². The number of H-pyrrole nitrogens is 1. The first kappa shape index (κ1) is 14.6. The van der Waals surface area contributed by atoms with Crippen LogP contribution in [0.25, 0.3) is 0 Å². The quantitative estimate of drug-likeness (QED) is 0.889. The third kappa shape index (κ3) is 2.85. The van der Waals surface area contributed by atoms with Crippen molar-refractivity contribution in [3.8, 4) is 0 Å². The summed E-state index contributed by atoms with van der Waals surface area (Å²) in [6, 6.07) is 4.01. The molecule has 6 heteroatoms. The minimum Gasteiger partial charge on any atom is -0.395 e. The number of hydrogen-bond acceptors (Lipinski definition) is 4. The van der Waals surface area contributed by atoms with Gasteiger partial charge in [0.1, 0.15) is 0 Å². The molecule has 2 aromatic heterocycles. The van der Waals surface area contributed by atoms with E-state index in [1.54, 1.807) is 16.2 Å². The Morgan fingerprint density at radius 3 is 2.80 bits per heavy atom. The average molecular weight is 292 g/mol. The molecule has 0 spiro atoms. The van der Waals surface area contributed by atoms with Crippen molar-refractivity contribution >= 4 is 22.9 Å². The summed E-state index contributed by atoms with van der Waals surface area (Å²) in [6.07, 6.45) is 0. The van der Waals surface area contributed by atoms with Gasteiger partial charge in [0.15, 0.2) is 5.69 Å². The number of thiophene rings is 1. The van der Waals surface area contributed by atoms with Gasteiger partial charge in [-0.05, 0) is 24.3 Å². The normalized spacial score (nSPS) is 11.0. The Kier molecular flexibility index (Phi) is 4.44. The van der Waals surface area contributed by atoms with Gasteiger partial charge in [0, 0.05) is 11.4 Å². The number of amides is 1. The number of nitrogens with zero attached hydrogens (tertiary/aromatic N) is 2. The second kappa shape index (κ2) is 6.09. The molecule has 0 radical (unpaired) electrons. The molecule has 2 rings (SSSR count). The fraction of sp³-hybridized carbons (Fsp3) is 0.429. The van der Waals surface area contributed by atoms with Crippen LogP contribution in [-0.4, -0.2) is 27.5 Å². The van der Waals surface area contributed by atoms with E-state index in [4.69, 9.17) is 5.73 Å². The molecule has 0 aliphatic heterocycles. The molecule has 2 heterocycles. The summed E-state index contributed by atoms with van der Waals surface area (Å²) in [5, 5.41) is 8.98. The first-order valence-corrected chi connectivity index (χ1v) is 7.57. The van der Waals surface area contributed by atoms with E-state index in [1.165, 1.54) is 0 Å². The Labute approximate surface area is 122 Å². The molecule has 20 heavy (non-hydrogen) atoms. The van der Waals surface area contributed by atoms with Gasteiger partial charge in [-0.25, -0.2) is 0 Å². The molecule has 1 amide bonds. The van der Waals surface area contributed by atoms with Crippen molar-refractivity contribution in [1.82, 2.24) is 15.1 Å². The highest BCUT2D eigenvalue weighted by molar-refractivity contribution is 7.09. The highest BCUT2D eigenvalue weighted by Gasteiger charge is 2.23. The Balaban J connectivity index is 2.20. The molecule has 0 unspecified atom stereocenters. The number of carbonyl (C=O) groups is 1. The minimum absolute atomic E-state index is 0.124. The van der Waals surface area contributed by atoms with Crippen molar-refractivity contribution in [3.63, 3.8) is 0 Å². The number of nitrogens with one attached hydrogen (secondary N) is 1. The van der Waals surface area contributed by atoms with Crippen molar-refractivity contribution in [2.75, 3.05) is 12.3 Å². The van der Waals surface area contributed by atoms with E-state index >= 15 is 0 Å². The predicted molar refractivity (Wildman–Crippen MR) is 81.8 cm³/mol. The van der Waals surface area contributed by atoms with Gasteiger partial charge in [0.25, 0.3) is 5.91 Å². The lowest BCUT2D eigenvalue weighted by molar-refractivity contribution is 0.0749. The maximum absolute atomic E-state index is 12.5. The lowest BCUT2D eigenvalue weighted by atomic mass is 10.1. The first-order chi connectivity index (χ1) is 9.54. The number of nitrogen functional groups attached to an aromatic ring is 1. The van der Waals surface area contributed by atoms with Crippen molar-refractivity contribution in [2.45, 2.75) is 33.2 Å².